The Morgan fingerprint density at radius 1 is 1.22 bits per heavy atom. The molecule has 0 bridgehead atoms. The number of aliphatic hydroxyl groups excluding tert-OH is 1. The Kier molecular flexibility index (Phi) is 6.65. The maximum atomic E-state index is 12.4. The van der Waals surface area contributed by atoms with Crippen LogP contribution in [-0.4, -0.2) is 67.2 Å². The van der Waals surface area contributed by atoms with Crippen molar-refractivity contribution in [1.29, 1.82) is 0 Å². The standard InChI is InChI=1S/C22H20N5O13P/c23-15-1-2-27(21(29)25-15)20-17(28)18(40-41(31,32)33)14(38-20)7-34-22(30)26-16-6-24-19(39-16)13-4-9-3-11-12(36-8-35-11)5-10(9)37-13/h1-6,14,17-18,20,28H,7-8H2,(H,26,30)(H2,23,25,29)(H2,31,32,33)/t14-,17-,18-,20-/m1/s1. The van der Waals surface area contributed by atoms with Gasteiger partial charge in [0.1, 0.15) is 36.3 Å². The van der Waals surface area contributed by atoms with Crippen LogP contribution in [0.2, 0.25) is 0 Å². The van der Waals surface area contributed by atoms with Crippen molar-refractivity contribution >= 4 is 36.6 Å². The van der Waals surface area contributed by atoms with Crippen LogP contribution in [0.1, 0.15) is 6.23 Å². The van der Waals surface area contributed by atoms with E-state index in [0.29, 0.717) is 22.5 Å². The van der Waals surface area contributed by atoms with Gasteiger partial charge in [0.2, 0.25) is 12.7 Å². The van der Waals surface area contributed by atoms with Crippen molar-refractivity contribution in [2.24, 2.45) is 0 Å². The number of anilines is 2. The Bertz CT molecular complexity index is 1690. The summed E-state index contributed by atoms with van der Waals surface area (Å²) in [5.41, 5.74) is 5.06. The van der Waals surface area contributed by atoms with Crippen LogP contribution in [-0.2, 0) is 18.6 Å². The SMILES string of the molecule is Nc1ccn([C@@H]2O[C@H](COC(=O)Nc3cnc(-c4cc5cc6c(cc5o4)OCO6)o3)[C@@H](OP(=O)(O)O)[C@H]2O)c(=O)n1. The molecule has 6 rings (SSSR count). The number of nitrogens with one attached hydrogen (secondary N) is 1. The molecule has 1 saturated heterocycles. The van der Waals surface area contributed by atoms with Gasteiger partial charge in [-0.3, -0.25) is 14.4 Å². The molecule has 2 aliphatic heterocycles. The second kappa shape index (κ2) is 10.2. The number of fused-ring (bicyclic) bond motifs is 2. The van der Waals surface area contributed by atoms with Gasteiger partial charge in [0.05, 0.1) is 6.20 Å². The van der Waals surface area contributed by atoms with Gasteiger partial charge < -0.3 is 48.4 Å². The van der Waals surface area contributed by atoms with Crippen LogP contribution in [0.3, 0.4) is 0 Å². The zero-order valence-electron chi connectivity index (χ0n) is 20.5. The number of aliphatic hydroxyl groups is 1. The highest BCUT2D eigenvalue weighted by Gasteiger charge is 2.49. The molecule has 3 aromatic heterocycles. The van der Waals surface area contributed by atoms with E-state index in [-0.39, 0.29) is 30.1 Å². The quantitative estimate of drug-likeness (QED) is 0.187. The van der Waals surface area contributed by atoms with Crippen LogP contribution >= 0.6 is 7.82 Å². The third-order valence-corrected chi connectivity index (χ3v) is 6.54. The van der Waals surface area contributed by atoms with Crippen molar-refractivity contribution < 1.29 is 56.6 Å². The molecule has 4 aromatic rings. The predicted molar refractivity (Wildman–Crippen MR) is 133 cm³/mol. The summed E-state index contributed by atoms with van der Waals surface area (Å²) in [6.07, 6.45) is -5.05. The third kappa shape index (κ3) is 5.47. The molecular weight excluding hydrogens is 573 g/mol. The normalized spacial score (nSPS) is 21.8. The lowest BCUT2D eigenvalue weighted by Gasteiger charge is -2.20. The Labute approximate surface area is 227 Å². The van der Waals surface area contributed by atoms with Crippen molar-refractivity contribution in [2.45, 2.75) is 24.5 Å². The van der Waals surface area contributed by atoms with Gasteiger partial charge in [-0.1, -0.05) is 0 Å². The Morgan fingerprint density at radius 3 is 2.76 bits per heavy atom. The number of nitrogens with zero attached hydrogens (tertiary/aromatic N) is 3. The van der Waals surface area contributed by atoms with E-state index in [1.807, 2.05) is 0 Å². The van der Waals surface area contributed by atoms with Crippen LogP contribution < -0.4 is 26.2 Å². The monoisotopic (exact) mass is 593 g/mol. The first-order valence-corrected chi connectivity index (χ1v) is 13.2. The topological polar surface area (TPSA) is 253 Å². The minimum atomic E-state index is -5.14. The van der Waals surface area contributed by atoms with Crippen molar-refractivity contribution in [1.82, 2.24) is 14.5 Å². The number of aromatic nitrogens is 3. The Morgan fingerprint density at radius 2 is 2.00 bits per heavy atom. The van der Waals surface area contributed by atoms with E-state index in [2.05, 4.69) is 19.8 Å². The van der Waals surface area contributed by atoms with Gasteiger partial charge in [-0.15, -0.1) is 0 Å². The number of carbonyl (C=O) groups is 1. The molecule has 1 aromatic carbocycles. The first-order valence-electron chi connectivity index (χ1n) is 11.7. The van der Waals surface area contributed by atoms with Crippen LogP contribution in [0, 0.1) is 0 Å². The van der Waals surface area contributed by atoms with E-state index in [1.165, 1.54) is 18.5 Å². The molecule has 19 heteroatoms. The Hall–Kier alpha value is -4.45. The van der Waals surface area contributed by atoms with Gasteiger partial charge in [0.25, 0.3) is 5.89 Å². The highest BCUT2D eigenvalue weighted by Crippen LogP contribution is 2.44. The molecular formula is C22H20N5O13P. The highest BCUT2D eigenvalue weighted by molar-refractivity contribution is 7.46. The van der Waals surface area contributed by atoms with Gasteiger partial charge >= 0.3 is 19.6 Å². The lowest BCUT2D eigenvalue weighted by atomic mass is 10.1. The van der Waals surface area contributed by atoms with Crippen molar-refractivity contribution in [2.75, 3.05) is 24.5 Å². The molecule has 5 heterocycles. The summed E-state index contributed by atoms with van der Waals surface area (Å²) in [4.78, 5) is 50.8. The average molecular weight is 593 g/mol. The number of phosphoric ester groups is 1. The number of oxazole rings is 1. The summed E-state index contributed by atoms with van der Waals surface area (Å²) in [7, 11) is -5.14. The number of amides is 1. The Balaban J connectivity index is 1.12. The molecule has 0 saturated carbocycles. The molecule has 41 heavy (non-hydrogen) atoms. The van der Waals surface area contributed by atoms with Gasteiger partial charge in [0, 0.05) is 17.6 Å². The number of hydrogen-bond acceptors (Lipinski definition) is 14. The van der Waals surface area contributed by atoms with Crippen LogP contribution in [0.4, 0.5) is 16.5 Å². The van der Waals surface area contributed by atoms with E-state index in [9.17, 15) is 29.0 Å². The van der Waals surface area contributed by atoms with Gasteiger partial charge in [-0.2, -0.15) is 4.98 Å². The minimum Gasteiger partial charge on any atom is -0.454 e. The summed E-state index contributed by atoms with van der Waals surface area (Å²) < 4.78 is 49.6. The predicted octanol–water partition coefficient (Wildman–Crippen LogP) is 0.940. The number of benzene rings is 1. The number of carbonyl (C=O) groups excluding carboxylic acids is 1. The van der Waals surface area contributed by atoms with E-state index in [0.717, 1.165) is 4.57 Å². The van der Waals surface area contributed by atoms with Gasteiger partial charge in [-0.25, -0.2) is 19.1 Å². The zero-order chi connectivity index (χ0) is 28.9. The number of rotatable bonds is 7. The number of phosphoric acid groups is 1. The number of nitrogen functional groups attached to an aromatic ring is 1. The van der Waals surface area contributed by atoms with Crippen molar-refractivity contribution in [3.8, 4) is 23.1 Å². The molecule has 18 nitrogen and oxygen atoms in total. The maximum absolute atomic E-state index is 12.4. The number of ether oxygens (including phenoxy) is 4. The van der Waals surface area contributed by atoms with Crippen LogP contribution in [0.25, 0.3) is 22.6 Å². The minimum absolute atomic E-state index is 0.0428. The summed E-state index contributed by atoms with van der Waals surface area (Å²) >= 11 is 0. The fraction of sp³-hybridized carbons (Fsp3) is 0.273. The summed E-state index contributed by atoms with van der Waals surface area (Å²) in [5.74, 6) is 1.19. The fourth-order valence-electron chi connectivity index (χ4n) is 4.27. The van der Waals surface area contributed by atoms with Gasteiger partial charge in [0.15, 0.2) is 23.5 Å². The molecule has 4 atom stereocenters. The highest BCUT2D eigenvalue weighted by atomic mass is 31.2. The van der Waals surface area contributed by atoms with Crippen molar-refractivity contribution in [3.05, 3.63) is 47.1 Å². The first kappa shape index (κ1) is 26.8. The average Bonchev–Trinajstić information content (AvgIpc) is 3.68. The summed E-state index contributed by atoms with van der Waals surface area (Å²) in [6.45, 7) is -0.536. The number of nitrogens with two attached hydrogens (primary N) is 1. The van der Waals surface area contributed by atoms with E-state index in [4.69, 9.17) is 33.5 Å². The summed E-state index contributed by atoms with van der Waals surface area (Å²) in [5, 5.41) is 13.6. The molecule has 1 amide bonds. The smallest absolute Gasteiger partial charge is 0.454 e. The van der Waals surface area contributed by atoms with E-state index in [1.54, 1.807) is 18.2 Å². The molecule has 0 unspecified atom stereocenters. The molecule has 0 spiro atoms. The maximum Gasteiger partial charge on any atom is 0.470 e. The van der Waals surface area contributed by atoms with E-state index >= 15 is 0 Å². The molecule has 2 aliphatic rings. The fourth-order valence-corrected chi connectivity index (χ4v) is 4.84. The van der Waals surface area contributed by atoms with Crippen LogP contribution in [0.15, 0.2) is 50.3 Å². The largest absolute Gasteiger partial charge is 0.470 e. The van der Waals surface area contributed by atoms with Crippen LogP contribution in [0.5, 0.6) is 11.5 Å². The molecule has 6 N–H and O–H groups in total. The van der Waals surface area contributed by atoms with E-state index < -0.39 is 50.8 Å². The lowest BCUT2D eigenvalue weighted by molar-refractivity contribution is -0.0558. The third-order valence-electron chi connectivity index (χ3n) is 6.03. The molecule has 0 radical (unpaired) electrons. The number of hydrogen-bond donors (Lipinski definition) is 5. The summed E-state index contributed by atoms with van der Waals surface area (Å²) in [6, 6.07) is 6.31. The van der Waals surface area contributed by atoms with Crippen molar-refractivity contribution in [3.63, 3.8) is 0 Å². The lowest BCUT2D eigenvalue weighted by Crippen LogP contribution is -2.38. The zero-order valence-corrected chi connectivity index (χ0v) is 21.4. The first-order chi connectivity index (χ1) is 19.5. The number of furan rings is 1. The second-order valence-corrected chi connectivity index (χ2v) is 9.96. The second-order valence-electron chi connectivity index (χ2n) is 8.77. The molecule has 0 aliphatic carbocycles. The molecule has 216 valence electrons. The van der Waals surface area contributed by atoms with Gasteiger partial charge in [-0.05, 0) is 18.2 Å². The molecule has 1 fully saturated rings.